The van der Waals surface area contributed by atoms with Crippen molar-refractivity contribution in [2.75, 3.05) is 19.1 Å². The van der Waals surface area contributed by atoms with Crippen molar-refractivity contribution < 1.29 is 13.9 Å². The Hall–Kier alpha value is -3.91. The predicted molar refractivity (Wildman–Crippen MR) is 143 cm³/mol. The maximum atomic E-state index is 14.1. The topological polar surface area (TPSA) is 51.5 Å². The van der Waals surface area contributed by atoms with E-state index in [0.717, 1.165) is 34.0 Å². The molecule has 3 heterocycles. The lowest BCUT2D eigenvalue weighted by molar-refractivity contribution is 0.394. The Labute approximate surface area is 215 Å². The molecule has 1 fully saturated rings. The fourth-order valence-corrected chi connectivity index (χ4v) is 5.35. The van der Waals surface area contributed by atoms with E-state index in [0.29, 0.717) is 16.6 Å². The van der Waals surface area contributed by atoms with Crippen molar-refractivity contribution in [3.63, 3.8) is 0 Å². The van der Waals surface area contributed by atoms with Crippen LogP contribution in [-0.2, 0) is 0 Å². The molecule has 0 amide bonds. The van der Waals surface area contributed by atoms with Crippen LogP contribution < -0.4 is 19.7 Å². The Bertz CT molecular complexity index is 1420. The van der Waals surface area contributed by atoms with Crippen molar-refractivity contribution in [2.45, 2.75) is 25.9 Å². The highest BCUT2D eigenvalue weighted by atomic mass is 32.1. The second-order valence-corrected chi connectivity index (χ2v) is 9.06. The van der Waals surface area contributed by atoms with Gasteiger partial charge in [0, 0.05) is 29.3 Å². The minimum atomic E-state index is -0.277. The Morgan fingerprint density at radius 1 is 0.972 bits per heavy atom. The van der Waals surface area contributed by atoms with Crippen molar-refractivity contribution in [1.82, 2.24) is 14.9 Å². The first-order valence-electron chi connectivity index (χ1n) is 11.6. The van der Waals surface area contributed by atoms with Crippen LogP contribution >= 0.6 is 12.2 Å². The van der Waals surface area contributed by atoms with Gasteiger partial charge >= 0.3 is 0 Å². The quantitative estimate of drug-likeness (QED) is 0.335. The summed E-state index contributed by atoms with van der Waals surface area (Å²) >= 11 is 5.88. The third-order valence-corrected chi connectivity index (χ3v) is 6.91. The van der Waals surface area contributed by atoms with Crippen molar-refractivity contribution in [3.8, 4) is 17.2 Å². The van der Waals surface area contributed by atoms with Crippen LogP contribution in [0.2, 0.25) is 0 Å². The highest BCUT2D eigenvalue weighted by Gasteiger charge is 2.43. The minimum Gasteiger partial charge on any atom is -0.497 e. The summed E-state index contributed by atoms with van der Waals surface area (Å²) in [6.45, 7) is 4.07. The normalized spacial score (nSPS) is 17.2. The van der Waals surface area contributed by atoms with Gasteiger partial charge in [0.15, 0.2) is 5.11 Å². The number of aryl methyl sites for hydroxylation is 1. The standard InChI is InChI=1S/C28H27FN4O2S/c1-17-14-22(18(2)32(17)20-9-7-8-19(29)15-20)27-26(23-10-5-6-13-30-23)31-28(36)33(27)24-12-11-21(34-3)16-25(24)35-4/h5-16,26-27H,1-4H3,(H,31,36). The van der Waals surface area contributed by atoms with Gasteiger partial charge in [-0.05, 0) is 80.2 Å². The number of ether oxygens (including phenoxy) is 2. The molecule has 2 aromatic carbocycles. The molecule has 8 heteroatoms. The first-order valence-corrected chi connectivity index (χ1v) is 12.0. The lowest BCUT2D eigenvalue weighted by atomic mass is 9.96. The molecule has 36 heavy (non-hydrogen) atoms. The molecule has 2 atom stereocenters. The zero-order valence-electron chi connectivity index (χ0n) is 20.5. The fourth-order valence-electron chi connectivity index (χ4n) is 5.01. The predicted octanol–water partition coefficient (Wildman–Crippen LogP) is 5.82. The third kappa shape index (κ3) is 4.07. The van der Waals surface area contributed by atoms with Gasteiger partial charge in [-0.15, -0.1) is 0 Å². The fraction of sp³-hybridized carbons (Fsp3) is 0.214. The molecule has 0 aliphatic carbocycles. The van der Waals surface area contributed by atoms with Gasteiger partial charge in [0.05, 0.1) is 37.7 Å². The summed E-state index contributed by atoms with van der Waals surface area (Å²) < 4.78 is 27.3. The van der Waals surface area contributed by atoms with Gasteiger partial charge in [-0.1, -0.05) is 12.1 Å². The molecule has 1 saturated heterocycles. The van der Waals surface area contributed by atoms with Gasteiger partial charge in [-0.25, -0.2) is 4.39 Å². The number of nitrogens with zero attached hydrogens (tertiary/aromatic N) is 3. The zero-order chi connectivity index (χ0) is 25.4. The molecule has 0 bridgehead atoms. The van der Waals surface area contributed by atoms with Gasteiger partial charge in [-0.3, -0.25) is 4.98 Å². The van der Waals surface area contributed by atoms with Gasteiger partial charge < -0.3 is 24.3 Å². The SMILES string of the molecule is COc1ccc(N2C(=S)NC(c3ccccn3)C2c2cc(C)n(-c3cccc(F)c3)c2C)c(OC)c1. The lowest BCUT2D eigenvalue weighted by Gasteiger charge is -2.29. The summed E-state index contributed by atoms with van der Waals surface area (Å²) in [5, 5.41) is 4.06. The number of aromatic nitrogens is 2. The molecule has 1 N–H and O–H groups in total. The average molecular weight is 503 g/mol. The molecule has 1 aliphatic rings. The van der Waals surface area contributed by atoms with E-state index < -0.39 is 0 Å². The third-order valence-electron chi connectivity index (χ3n) is 6.60. The molecular weight excluding hydrogens is 475 g/mol. The Morgan fingerprint density at radius 2 is 1.81 bits per heavy atom. The first kappa shape index (κ1) is 23.8. The van der Waals surface area contributed by atoms with Crippen LogP contribution in [0.1, 0.15) is 34.7 Å². The van der Waals surface area contributed by atoms with Crippen LogP contribution in [0.25, 0.3) is 5.69 Å². The van der Waals surface area contributed by atoms with Crippen LogP contribution in [0, 0.1) is 19.7 Å². The smallest absolute Gasteiger partial charge is 0.174 e. The summed E-state index contributed by atoms with van der Waals surface area (Å²) in [4.78, 5) is 6.72. The van der Waals surface area contributed by atoms with Crippen LogP contribution in [0.5, 0.6) is 11.5 Å². The summed E-state index contributed by atoms with van der Waals surface area (Å²) in [6.07, 6.45) is 1.78. The van der Waals surface area contributed by atoms with E-state index >= 15 is 0 Å². The average Bonchev–Trinajstić information content (AvgIpc) is 3.38. The number of nitrogens with one attached hydrogen (secondary N) is 1. The Balaban J connectivity index is 1.70. The molecule has 0 radical (unpaired) electrons. The van der Waals surface area contributed by atoms with E-state index in [1.807, 2.05) is 56.3 Å². The van der Waals surface area contributed by atoms with Crippen molar-refractivity contribution in [2.24, 2.45) is 0 Å². The number of hydrogen-bond acceptors (Lipinski definition) is 4. The van der Waals surface area contributed by atoms with Gasteiger partial charge in [-0.2, -0.15) is 0 Å². The minimum absolute atomic E-state index is 0.216. The number of methoxy groups -OCH3 is 2. The number of halogens is 1. The highest BCUT2D eigenvalue weighted by Crippen LogP contribution is 2.46. The summed E-state index contributed by atoms with van der Waals surface area (Å²) in [5.41, 5.74) is 5.50. The zero-order valence-corrected chi connectivity index (χ0v) is 21.3. The summed E-state index contributed by atoms with van der Waals surface area (Å²) in [7, 11) is 3.25. The van der Waals surface area contributed by atoms with E-state index in [2.05, 4.69) is 25.8 Å². The Morgan fingerprint density at radius 3 is 2.50 bits per heavy atom. The van der Waals surface area contributed by atoms with E-state index in [9.17, 15) is 4.39 Å². The lowest BCUT2D eigenvalue weighted by Crippen LogP contribution is -2.30. The molecule has 6 nitrogen and oxygen atoms in total. The first-order chi connectivity index (χ1) is 17.4. The van der Waals surface area contributed by atoms with Gasteiger partial charge in [0.25, 0.3) is 0 Å². The van der Waals surface area contributed by atoms with E-state index in [1.54, 1.807) is 32.5 Å². The highest BCUT2D eigenvalue weighted by molar-refractivity contribution is 7.80. The number of thiocarbonyl (C=S) groups is 1. The maximum absolute atomic E-state index is 14.1. The van der Waals surface area contributed by atoms with Crippen LogP contribution in [0.15, 0.2) is 72.9 Å². The van der Waals surface area contributed by atoms with E-state index in [4.69, 9.17) is 21.7 Å². The number of hydrogen-bond donors (Lipinski definition) is 1. The van der Waals surface area contributed by atoms with Crippen LogP contribution in [0.4, 0.5) is 10.1 Å². The second kappa shape index (κ2) is 9.62. The van der Waals surface area contributed by atoms with Crippen molar-refractivity contribution in [1.29, 1.82) is 0 Å². The molecule has 2 unspecified atom stereocenters. The molecule has 4 aromatic rings. The van der Waals surface area contributed by atoms with E-state index in [-0.39, 0.29) is 17.9 Å². The second-order valence-electron chi connectivity index (χ2n) is 8.68. The van der Waals surface area contributed by atoms with Crippen molar-refractivity contribution >= 4 is 23.0 Å². The summed E-state index contributed by atoms with van der Waals surface area (Å²) in [5.74, 6) is 1.06. The summed E-state index contributed by atoms with van der Waals surface area (Å²) in [6, 6.07) is 19.9. The maximum Gasteiger partial charge on any atom is 0.174 e. The van der Waals surface area contributed by atoms with Crippen LogP contribution in [0.3, 0.4) is 0 Å². The van der Waals surface area contributed by atoms with Crippen molar-refractivity contribution in [3.05, 3.63) is 101 Å². The monoisotopic (exact) mass is 502 g/mol. The van der Waals surface area contributed by atoms with Gasteiger partial charge in [0.2, 0.25) is 0 Å². The van der Waals surface area contributed by atoms with Gasteiger partial charge in [0.1, 0.15) is 17.3 Å². The molecule has 184 valence electrons. The number of pyridine rings is 1. The largest absolute Gasteiger partial charge is 0.497 e. The van der Waals surface area contributed by atoms with Crippen LogP contribution in [-0.4, -0.2) is 28.9 Å². The molecule has 1 aliphatic heterocycles. The molecule has 2 aromatic heterocycles. The number of benzene rings is 2. The molecule has 0 saturated carbocycles. The molecular formula is C28H27FN4O2S. The number of anilines is 1. The Kier molecular flexibility index (Phi) is 6.36. The molecule has 0 spiro atoms. The molecule has 5 rings (SSSR count). The van der Waals surface area contributed by atoms with E-state index in [1.165, 1.54) is 6.07 Å². The number of rotatable bonds is 6.